The monoisotopic (exact) mass is 377 g/mol. The summed E-state index contributed by atoms with van der Waals surface area (Å²) in [6.45, 7) is 5.81. The highest BCUT2D eigenvalue weighted by atomic mass is 16.5. The van der Waals surface area contributed by atoms with Gasteiger partial charge in [-0.2, -0.15) is 5.26 Å². The van der Waals surface area contributed by atoms with Gasteiger partial charge in [0, 0.05) is 25.0 Å². The molecule has 0 bridgehead atoms. The molecular formula is C21H23N5O2. The van der Waals surface area contributed by atoms with Gasteiger partial charge in [0.2, 0.25) is 11.8 Å². The SMILES string of the molecule is CC.Cc1cc(C2C(C#N)=C(N)Oc3n[nH]c(-c4ccn(C)c4)c32)ccc1O. The number of ether oxygens (including phenoxy) is 1. The molecule has 3 heterocycles. The van der Waals surface area contributed by atoms with Crippen molar-refractivity contribution >= 4 is 0 Å². The molecule has 2 aromatic heterocycles. The molecule has 0 amide bonds. The van der Waals surface area contributed by atoms with Crippen LogP contribution in [0.4, 0.5) is 0 Å². The maximum Gasteiger partial charge on any atom is 0.244 e. The van der Waals surface area contributed by atoms with Crippen molar-refractivity contribution in [1.82, 2.24) is 14.8 Å². The lowest BCUT2D eigenvalue weighted by atomic mass is 9.82. The topological polar surface area (TPSA) is 113 Å². The Morgan fingerprint density at radius 3 is 2.68 bits per heavy atom. The van der Waals surface area contributed by atoms with Crippen LogP contribution < -0.4 is 10.5 Å². The third-order valence-electron chi connectivity index (χ3n) is 4.61. The van der Waals surface area contributed by atoms with Gasteiger partial charge in [-0.15, -0.1) is 5.10 Å². The van der Waals surface area contributed by atoms with Gasteiger partial charge in [-0.05, 0) is 30.2 Å². The van der Waals surface area contributed by atoms with Crippen molar-refractivity contribution in [3.8, 4) is 29.0 Å². The Morgan fingerprint density at radius 1 is 1.32 bits per heavy atom. The van der Waals surface area contributed by atoms with Crippen LogP contribution in [-0.4, -0.2) is 19.9 Å². The van der Waals surface area contributed by atoms with Crippen LogP contribution in [0.15, 0.2) is 48.1 Å². The minimum atomic E-state index is -0.433. The molecule has 1 unspecified atom stereocenters. The smallest absolute Gasteiger partial charge is 0.244 e. The number of hydrogen-bond donors (Lipinski definition) is 3. The molecule has 4 N–H and O–H groups in total. The fraction of sp³-hybridized carbons (Fsp3) is 0.238. The van der Waals surface area contributed by atoms with Gasteiger partial charge in [-0.1, -0.05) is 26.0 Å². The van der Waals surface area contributed by atoms with Crippen LogP contribution in [0.1, 0.15) is 36.5 Å². The zero-order chi connectivity index (χ0) is 20.4. The van der Waals surface area contributed by atoms with E-state index in [1.807, 2.05) is 56.9 Å². The maximum atomic E-state index is 9.86. The number of aryl methyl sites for hydroxylation is 2. The Morgan fingerprint density at radius 2 is 2.07 bits per heavy atom. The molecule has 0 saturated heterocycles. The highest BCUT2D eigenvalue weighted by Gasteiger charge is 2.35. The van der Waals surface area contributed by atoms with Crippen LogP contribution in [-0.2, 0) is 7.05 Å². The molecule has 28 heavy (non-hydrogen) atoms. The molecule has 0 fully saturated rings. The van der Waals surface area contributed by atoms with Gasteiger partial charge < -0.3 is 20.1 Å². The molecule has 7 nitrogen and oxygen atoms in total. The number of nitriles is 1. The van der Waals surface area contributed by atoms with E-state index < -0.39 is 5.92 Å². The van der Waals surface area contributed by atoms with Crippen LogP contribution in [0.5, 0.6) is 11.6 Å². The van der Waals surface area contributed by atoms with Gasteiger partial charge in [0.15, 0.2) is 0 Å². The first-order valence-corrected chi connectivity index (χ1v) is 9.07. The molecule has 1 aliphatic rings. The fourth-order valence-corrected chi connectivity index (χ4v) is 3.31. The molecule has 0 aliphatic carbocycles. The number of nitrogens with one attached hydrogen (secondary N) is 1. The lowest BCUT2D eigenvalue weighted by Crippen LogP contribution is -2.21. The summed E-state index contributed by atoms with van der Waals surface area (Å²) < 4.78 is 7.52. The van der Waals surface area contributed by atoms with E-state index in [0.29, 0.717) is 11.5 Å². The van der Waals surface area contributed by atoms with E-state index in [1.54, 1.807) is 12.1 Å². The molecule has 0 spiro atoms. The van der Waals surface area contributed by atoms with Gasteiger partial charge in [-0.3, -0.25) is 5.10 Å². The standard InChI is InChI=1S/C19H17N5O2.C2H6/c1-10-7-11(3-4-14(10)25)15-13(8-20)18(21)26-19-16(15)17(22-23-19)12-5-6-24(2)9-12;1-2/h3-7,9,15,25H,21H2,1-2H3,(H,22,23);1-2H3. The lowest BCUT2D eigenvalue weighted by Gasteiger charge is -2.24. The van der Waals surface area contributed by atoms with Crippen molar-refractivity contribution in [1.29, 1.82) is 5.26 Å². The number of aromatic amines is 1. The van der Waals surface area contributed by atoms with Gasteiger partial charge >= 0.3 is 0 Å². The predicted molar refractivity (Wildman–Crippen MR) is 106 cm³/mol. The number of H-pyrrole nitrogens is 1. The average Bonchev–Trinajstić information content (AvgIpc) is 3.30. The van der Waals surface area contributed by atoms with E-state index in [9.17, 15) is 10.4 Å². The fourth-order valence-electron chi connectivity index (χ4n) is 3.31. The summed E-state index contributed by atoms with van der Waals surface area (Å²) in [5.41, 5.74) is 10.3. The molecule has 1 atom stereocenters. The molecule has 1 aliphatic heterocycles. The van der Waals surface area contributed by atoms with Gasteiger partial charge in [-0.25, -0.2) is 0 Å². The Hall–Kier alpha value is -3.66. The number of phenolic OH excluding ortho intramolecular Hbond substituents is 1. The summed E-state index contributed by atoms with van der Waals surface area (Å²) >= 11 is 0. The number of nitrogens with two attached hydrogens (primary N) is 1. The van der Waals surface area contributed by atoms with Crippen molar-refractivity contribution in [3.63, 3.8) is 0 Å². The third-order valence-corrected chi connectivity index (χ3v) is 4.61. The van der Waals surface area contributed by atoms with Gasteiger partial charge in [0.05, 0.1) is 17.2 Å². The van der Waals surface area contributed by atoms with Crippen LogP contribution in [0.3, 0.4) is 0 Å². The quantitative estimate of drug-likeness (QED) is 0.630. The van der Waals surface area contributed by atoms with Crippen molar-refractivity contribution in [2.75, 3.05) is 0 Å². The minimum absolute atomic E-state index is 0.0434. The summed E-state index contributed by atoms with van der Waals surface area (Å²) in [7, 11) is 1.93. The van der Waals surface area contributed by atoms with E-state index in [2.05, 4.69) is 16.3 Å². The highest BCUT2D eigenvalue weighted by molar-refractivity contribution is 5.70. The van der Waals surface area contributed by atoms with Crippen molar-refractivity contribution in [3.05, 3.63) is 64.8 Å². The Bertz CT molecular complexity index is 1080. The Labute approximate surface area is 163 Å². The number of nitrogens with zero attached hydrogens (tertiary/aromatic N) is 3. The lowest BCUT2D eigenvalue weighted by molar-refractivity contribution is 0.379. The van der Waals surface area contributed by atoms with Gasteiger partial charge in [0.25, 0.3) is 0 Å². The van der Waals surface area contributed by atoms with E-state index in [-0.39, 0.29) is 11.6 Å². The van der Waals surface area contributed by atoms with Crippen LogP contribution in [0, 0.1) is 18.3 Å². The number of hydrogen-bond acceptors (Lipinski definition) is 5. The molecule has 0 saturated carbocycles. The van der Waals surface area contributed by atoms with E-state index in [4.69, 9.17) is 10.5 Å². The van der Waals surface area contributed by atoms with E-state index in [1.165, 1.54) is 0 Å². The number of allylic oxidation sites excluding steroid dienone is 1. The summed E-state index contributed by atoms with van der Waals surface area (Å²) in [6, 6.07) is 9.38. The first kappa shape index (κ1) is 19.1. The second-order valence-corrected chi connectivity index (χ2v) is 6.35. The average molecular weight is 377 g/mol. The second kappa shape index (κ2) is 7.53. The molecule has 0 radical (unpaired) electrons. The molecule has 144 valence electrons. The number of aromatic hydroxyl groups is 1. The zero-order valence-corrected chi connectivity index (χ0v) is 16.3. The summed E-state index contributed by atoms with van der Waals surface area (Å²) in [4.78, 5) is 0. The maximum absolute atomic E-state index is 9.86. The molecule has 3 aromatic rings. The van der Waals surface area contributed by atoms with Crippen molar-refractivity contribution < 1.29 is 9.84 Å². The van der Waals surface area contributed by atoms with Crippen LogP contribution in [0.2, 0.25) is 0 Å². The molecular weight excluding hydrogens is 354 g/mol. The van der Waals surface area contributed by atoms with Gasteiger partial charge in [0.1, 0.15) is 17.4 Å². The second-order valence-electron chi connectivity index (χ2n) is 6.35. The normalized spacial score (nSPS) is 15.2. The van der Waals surface area contributed by atoms with Crippen molar-refractivity contribution in [2.24, 2.45) is 12.8 Å². The minimum Gasteiger partial charge on any atom is -0.508 e. The van der Waals surface area contributed by atoms with Crippen LogP contribution >= 0.6 is 0 Å². The van der Waals surface area contributed by atoms with Crippen LogP contribution in [0.25, 0.3) is 11.3 Å². The first-order valence-electron chi connectivity index (χ1n) is 9.07. The number of phenols is 1. The first-order chi connectivity index (χ1) is 13.5. The van der Waals surface area contributed by atoms with E-state index in [0.717, 1.165) is 27.9 Å². The van der Waals surface area contributed by atoms with Crippen molar-refractivity contribution in [2.45, 2.75) is 26.7 Å². The summed E-state index contributed by atoms with van der Waals surface area (Å²) in [6.07, 6.45) is 3.89. The summed E-state index contributed by atoms with van der Waals surface area (Å²) in [5.74, 6) is 0.168. The molecule has 4 rings (SSSR count). The number of fused-ring (bicyclic) bond motifs is 1. The number of rotatable bonds is 2. The number of aromatic nitrogens is 3. The molecule has 1 aromatic carbocycles. The predicted octanol–water partition coefficient (Wildman–Crippen LogP) is 3.67. The summed E-state index contributed by atoms with van der Waals surface area (Å²) in [5, 5.41) is 26.8. The third kappa shape index (κ3) is 3.09. The molecule has 7 heteroatoms. The largest absolute Gasteiger partial charge is 0.508 e. The highest BCUT2D eigenvalue weighted by Crippen LogP contribution is 2.46. The zero-order valence-electron chi connectivity index (χ0n) is 16.3. The Kier molecular flexibility index (Phi) is 5.14. The number of benzene rings is 1. The Balaban J connectivity index is 0.00000109. The van der Waals surface area contributed by atoms with E-state index >= 15 is 0 Å².